The molecule has 16 heavy (non-hydrogen) atoms. The molecule has 1 saturated heterocycles. The van der Waals surface area contributed by atoms with Gasteiger partial charge in [-0.2, -0.15) is 11.8 Å². The van der Waals surface area contributed by atoms with Gasteiger partial charge in [-0.3, -0.25) is 0 Å². The van der Waals surface area contributed by atoms with Crippen LogP contribution in [0.15, 0.2) is 0 Å². The highest BCUT2D eigenvalue weighted by molar-refractivity contribution is 8.00. The molecule has 0 bridgehead atoms. The van der Waals surface area contributed by atoms with Gasteiger partial charge in [-0.05, 0) is 64.9 Å². The lowest BCUT2D eigenvalue weighted by atomic mass is 9.90. The second-order valence-corrected chi connectivity index (χ2v) is 6.97. The van der Waals surface area contributed by atoms with Crippen molar-refractivity contribution in [3.05, 3.63) is 0 Å². The minimum atomic E-state index is 0.611. The average Bonchev–Trinajstić information content (AvgIpc) is 3.08. The molecule has 94 valence electrons. The first-order chi connectivity index (χ1) is 7.65. The zero-order valence-corrected chi connectivity index (χ0v) is 11.8. The molecule has 1 unspecified atom stereocenters. The molecule has 1 saturated carbocycles. The molecule has 1 N–H and O–H groups in total. The van der Waals surface area contributed by atoms with Crippen molar-refractivity contribution in [1.82, 2.24) is 10.2 Å². The summed E-state index contributed by atoms with van der Waals surface area (Å²) in [6.45, 7) is 6.17. The smallest absolute Gasteiger partial charge is 0.0282 e. The Morgan fingerprint density at radius 2 is 2.00 bits per heavy atom. The molecule has 1 atom stereocenters. The molecule has 3 heteroatoms. The maximum absolute atomic E-state index is 3.78. The highest BCUT2D eigenvalue weighted by atomic mass is 32.2. The molecule has 0 radical (unpaired) electrons. The second kappa shape index (κ2) is 5.28. The summed E-state index contributed by atoms with van der Waals surface area (Å²) >= 11 is 2.06. The fraction of sp³-hybridized carbons (Fsp3) is 1.00. The fourth-order valence-electron chi connectivity index (χ4n) is 2.63. The minimum Gasteiger partial charge on any atom is -0.313 e. The largest absolute Gasteiger partial charge is 0.313 e. The highest BCUT2D eigenvalue weighted by Gasteiger charge is 2.41. The average molecular weight is 242 g/mol. The van der Waals surface area contributed by atoms with Crippen LogP contribution in [0.1, 0.15) is 32.6 Å². The third-order valence-electron chi connectivity index (χ3n) is 4.46. The van der Waals surface area contributed by atoms with Crippen LogP contribution in [0.2, 0.25) is 0 Å². The van der Waals surface area contributed by atoms with Crippen LogP contribution in [0.4, 0.5) is 0 Å². The van der Waals surface area contributed by atoms with Gasteiger partial charge in [0.15, 0.2) is 0 Å². The van der Waals surface area contributed by atoms with Crippen molar-refractivity contribution in [2.24, 2.45) is 5.92 Å². The quantitative estimate of drug-likeness (QED) is 0.796. The Kier molecular flexibility index (Phi) is 4.20. The Labute approximate surface area is 105 Å². The molecule has 2 fully saturated rings. The van der Waals surface area contributed by atoms with Crippen molar-refractivity contribution in [1.29, 1.82) is 0 Å². The van der Waals surface area contributed by atoms with Crippen LogP contribution in [-0.2, 0) is 0 Å². The summed E-state index contributed by atoms with van der Waals surface area (Å²) in [4.78, 5) is 2.45. The Balaban J connectivity index is 1.69. The van der Waals surface area contributed by atoms with E-state index >= 15 is 0 Å². The van der Waals surface area contributed by atoms with Crippen LogP contribution in [0, 0.1) is 5.92 Å². The third kappa shape index (κ3) is 3.14. The van der Waals surface area contributed by atoms with Crippen molar-refractivity contribution < 1.29 is 0 Å². The van der Waals surface area contributed by atoms with Crippen LogP contribution in [-0.4, -0.2) is 48.6 Å². The molecule has 2 rings (SSSR count). The standard InChI is InChI=1S/C13H26N2S/c1-11(12-4-8-15(2)9-5-12)14-10-13(16-3)6-7-13/h11-12,14H,4-10H2,1-3H3. The Morgan fingerprint density at radius 1 is 1.38 bits per heavy atom. The van der Waals surface area contributed by atoms with Crippen molar-refractivity contribution >= 4 is 11.8 Å². The zero-order valence-electron chi connectivity index (χ0n) is 11.0. The minimum absolute atomic E-state index is 0.611. The fourth-order valence-corrected chi connectivity index (χ4v) is 3.37. The first-order valence-electron chi connectivity index (χ1n) is 6.62. The first-order valence-corrected chi connectivity index (χ1v) is 7.85. The van der Waals surface area contributed by atoms with E-state index in [1.807, 2.05) is 0 Å². The molecule has 0 spiro atoms. The predicted molar refractivity (Wildman–Crippen MR) is 73.2 cm³/mol. The highest BCUT2D eigenvalue weighted by Crippen LogP contribution is 2.46. The third-order valence-corrected chi connectivity index (χ3v) is 5.88. The van der Waals surface area contributed by atoms with Gasteiger partial charge in [0.05, 0.1) is 0 Å². The van der Waals surface area contributed by atoms with Crippen LogP contribution in [0.25, 0.3) is 0 Å². The van der Waals surface area contributed by atoms with Crippen molar-refractivity contribution in [2.75, 3.05) is 32.9 Å². The van der Waals surface area contributed by atoms with E-state index in [4.69, 9.17) is 0 Å². The van der Waals surface area contributed by atoms with Gasteiger partial charge in [0.2, 0.25) is 0 Å². The summed E-state index contributed by atoms with van der Waals surface area (Å²) in [5.41, 5.74) is 0. The Morgan fingerprint density at radius 3 is 2.50 bits per heavy atom. The maximum atomic E-state index is 3.78. The predicted octanol–water partition coefficient (Wildman–Crippen LogP) is 2.20. The van der Waals surface area contributed by atoms with E-state index in [0.717, 1.165) is 5.92 Å². The molecule has 1 heterocycles. The molecule has 2 aliphatic rings. The number of hydrogen-bond acceptors (Lipinski definition) is 3. The van der Waals surface area contributed by atoms with Crippen LogP contribution >= 0.6 is 11.8 Å². The van der Waals surface area contributed by atoms with E-state index in [-0.39, 0.29) is 0 Å². The van der Waals surface area contributed by atoms with Crippen molar-refractivity contribution in [3.63, 3.8) is 0 Å². The molecule has 0 aromatic rings. The van der Waals surface area contributed by atoms with Crippen molar-refractivity contribution in [2.45, 2.75) is 43.4 Å². The lowest BCUT2D eigenvalue weighted by molar-refractivity contribution is 0.190. The molecule has 1 aliphatic carbocycles. The maximum Gasteiger partial charge on any atom is 0.0282 e. The van der Waals surface area contributed by atoms with E-state index in [9.17, 15) is 0 Å². The van der Waals surface area contributed by atoms with E-state index in [1.54, 1.807) is 0 Å². The van der Waals surface area contributed by atoms with Gasteiger partial charge in [-0.25, -0.2) is 0 Å². The molecule has 2 nitrogen and oxygen atoms in total. The van der Waals surface area contributed by atoms with Crippen LogP contribution < -0.4 is 5.32 Å². The summed E-state index contributed by atoms with van der Waals surface area (Å²) in [5, 5.41) is 3.78. The zero-order chi connectivity index (χ0) is 11.6. The van der Waals surface area contributed by atoms with Crippen LogP contribution in [0.3, 0.4) is 0 Å². The van der Waals surface area contributed by atoms with Crippen LogP contribution in [0.5, 0.6) is 0 Å². The molecular formula is C13H26N2S. The van der Waals surface area contributed by atoms with Gasteiger partial charge in [-0.1, -0.05) is 0 Å². The van der Waals surface area contributed by atoms with Crippen molar-refractivity contribution in [3.8, 4) is 0 Å². The second-order valence-electron chi connectivity index (χ2n) is 5.70. The molecule has 0 amide bonds. The number of rotatable bonds is 5. The number of nitrogens with zero attached hydrogens (tertiary/aromatic N) is 1. The Hall–Kier alpha value is 0.270. The van der Waals surface area contributed by atoms with Gasteiger partial charge in [-0.15, -0.1) is 0 Å². The normalized spacial score (nSPS) is 27.9. The topological polar surface area (TPSA) is 15.3 Å². The van der Waals surface area contributed by atoms with Gasteiger partial charge in [0.25, 0.3) is 0 Å². The van der Waals surface area contributed by atoms with E-state index in [1.165, 1.54) is 45.3 Å². The molecule has 0 aromatic carbocycles. The number of hydrogen-bond donors (Lipinski definition) is 1. The summed E-state index contributed by atoms with van der Waals surface area (Å²) in [6.07, 6.45) is 7.84. The van der Waals surface area contributed by atoms with Gasteiger partial charge in [0.1, 0.15) is 0 Å². The van der Waals surface area contributed by atoms with E-state index in [0.29, 0.717) is 10.8 Å². The summed E-state index contributed by atoms with van der Waals surface area (Å²) in [7, 11) is 2.24. The summed E-state index contributed by atoms with van der Waals surface area (Å²) < 4.78 is 0.611. The molecule has 1 aliphatic heterocycles. The van der Waals surface area contributed by atoms with E-state index in [2.05, 4.69) is 42.2 Å². The first kappa shape index (κ1) is 12.7. The van der Waals surface area contributed by atoms with E-state index < -0.39 is 0 Å². The number of piperidine rings is 1. The monoisotopic (exact) mass is 242 g/mol. The summed E-state index contributed by atoms with van der Waals surface area (Å²) in [6, 6.07) is 0.707. The van der Waals surface area contributed by atoms with Gasteiger partial charge in [0, 0.05) is 17.3 Å². The number of likely N-dealkylation sites (tertiary alicyclic amines) is 1. The number of thioether (sulfide) groups is 1. The number of nitrogens with one attached hydrogen (secondary N) is 1. The SMILES string of the molecule is CSC1(CNC(C)C2CCN(C)CC2)CC1. The van der Waals surface area contributed by atoms with Gasteiger partial charge < -0.3 is 10.2 Å². The van der Waals surface area contributed by atoms with Gasteiger partial charge >= 0.3 is 0 Å². The lowest BCUT2D eigenvalue weighted by Gasteiger charge is -2.33. The molecule has 0 aromatic heterocycles. The molecular weight excluding hydrogens is 216 g/mol. The summed E-state index contributed by atoms with van der Waals surface area (Å²) in [5.74, 6) is 0.897. The Bertz CT molecular complexity index is 220. The lowest BCUT2D eigenvalue weighted by Crippen LogP contribution is -2.43.